The number of hydrogen-bond acceptors (Lipinski definition) is 8. The first-order valence-corrected chi connectivity index (χ1v) is 24.6. The number of phosphoric ester groups is 1. The van der Waals surface area contributed by atoms with E-state index in [1.807, 2.05) is 33.3 Å². The van der Waals surface area contributed by atoms with Crippen molar-refractivity contribution in [3.63, 3.8) is 0 Å². The van der Waals surface area contributed by atoms with E-state index in [0.29, 0.717) is 30.3 Å². The molecule has 0 aliphatic carbocycles. The highest BCUT2D eigenvalue weighted by Crippen LogP contribution is 2.43. The third kappa shape index (κ3) is 43.6. The average molecular weight is 853 g/mol. The number of ether oxygens (including phenoxy) is 2. The summed E-state index contributed by atoms with van der Waals surface area (Å²) in [7, 11) is 1.35. The molecule has 0 aromatic carbocycles. The van der Waals surface area contributed by atoms with Crippen LogP contribution in [0.15, 0.2) is 60.8 Å². The fourth-order valence-corrected chi connectivity index (χ4v) is 6.68. The van der Waals surface area contributed by atoms with Crippen molar-refractivity contribution in [3.05, 3.63) is 60.8 Å². The van der Waals surface area contributed by atoms with Crippen molar-refractivity contribution < 1.29 is 47.2 Å². The highest BCUT2D eigenvalue weighted by atomic mass is 31.2. The third-order valence-corrected chi connectivity index (χ3v) is 10.6. The second-order valence-electron chi connectivity index (χ2n) is 16.6. The Morgan fingerprint density at radius 3 is 1.75 bits per heavy atom. The first-order chi connectivity index (χ1) is 28.4. The van der Waals surface area contributed by atoms with Gasteiger partial charge in [-0.25, -0.2) is 4.57 Å². The van der Waals surface area contributed by atoms with Crippen molar-refractivity contribution in [1.29, 1.82) is 0 Å². The zero-order valence-corrected chi connectivity index (χ0v) is 39.0. The number of quaternary nitrogens is 1. The van der Waals surface area contributed by atoms with Gasteiger partial charge in [0.2, 0.25) is 0 Å². The van der Waals surface area contributed by atoms with Crippen LogP contribution in [0, 0.1) is 0 Å². The summed E-state index contributed by atoms with van der Waals surface area (Å²) in [4.78, 5) is 35.4. The van der Waals surface area contributed by atoms with Crippen molar-refractivity contribution in [2.45, 2.75) is 187 Å². The number of unbranched alkanes of at least 4 members (excludes halogenated alkanes) is 16. The van der Waals surface area contributed by atoms with E-state index in [0.717, 1.165) is 44.9 Å². The van der Waals surface area contributed by atoms with Gasteiger partial charge in [-0.15, -0.1) is 0 Å². The molecule has 0 fully saturated rings. The Hall–Kier alpha value is -2.33. The van der Waals surface area contributed by atoms with Gasteiger partial charge in [0.15, 0.2) is 6.10 Å². The predicted molar refractivity (Wildman–Crippen MR) is 244 cm³/mol. The van der Waals surface area contributed by atoms with Crippen LogP contribution in [0.2, 0.25) is 0 Å². The molecule has 0 aromatic heterocycles. The van der Waals surface area contributed by atoms with Crippen molar-refractivity contribution in [3.8, 4) is 0 Å². The Labute approximate surface area is 360 Å². The first kappa shape index (κ1) is 56.7. The lowest BCUT2D eigenvalue weighted by Gasteiger charge is -2.24. The van der Waals surface area contributed by atoms with Crippen molar-refractivity contribution in [2.24, 2.45) is 0 Å². The van der Waals surface area contributed by atoms with Gasteiger partial charge in [0, 0.05) is 12.8 Å². The molecule has 0 aromatic rings. The molecule has 342 valence electrons. The van der Waals surface area contributed by atoms with Crippen LogP contribution in [-0.2, 0) is 32.7 Å². The number of esters is 2. The monoisotopic (exact) mass is 853 g/mol. The molecule has 0 aliphatic heterocycles. The Balaban J connectivity index is 4.53. The fourth-order valence-electron chi connectivity index (χ4n) is 5.93. The van der Waals surface area contributed by atoms with Gasteiger partial charge in [0.1, 0.15) is 19.8 Å². The number of carbonyl (C=O) groups excluding carboxylic acids is 2. The molecule has 0 amide bonds. The standard InChI is InChI=1S/C48H86NO9P/c1-6-8-10-12-14-16-18-20-21-22-23-25-27-29-31-33-35-39-47(51)55-43-46(44-57-59(53,54)56-42-41-49(3,4)5)58-48(52)40-36-38-45(50)37-34-32-30-28-26-24-19-17-15-13-11-9-7-2/h15,17,20-21,24,26,30,32,34,37,45-46,50H,6-14,16,18-19,22-23,25,27-29,31,33,35-36,38-44H2,1-5H3/p+1/b17-15-,21-20-,26-24-,32-30-,37-34+/t45-,46+/m0/s1. The molecule has 0 radical (unpaired) electrons. The quantitative estimate of drug-likeness (QED) is 0.0154. The molecule has 0 saturated carbocycles. The molecule has 3 atom stereocenters. The van der Waals surface area contributed by atoms with Crippen LogP contribution in [0.25, 0.3) is 0 Å². The van der Waals surface area contributed by atoms with E-state index >= 15 is 0 Å². The highest BCUT2D eigenvalue weighted by Gasteiger charge is 2.27. The third-order valence-electron chi connectivity index (χ3n) is 9.62. The second-order valence-corrected chi connectivity index (χ2v) is 18.1. The summed E-state index contributed by atoms with van der Waals surface area (Å²) in [6, 6.07) is 0. The average Bonchev–Trinajstić information content (AvgIpc) is 3.18. The largest absolute Gasteiger partial charge is 0.472 e. The molecule has 11 heteroatoms. The van der Waals surface area contributed by atoms with E-state index in [1.165, 1.54) is 83.5 Å². The maximum Gasteiger partial charge on any atom is 0.472 e. The molecule has 59 heavy (non-hydrogen) atoms. The molecule has 2 N–H and O–H groups in total. The smallest absolute Gasteiger partial charge is 0.462 e. The number of allylic oxidation sites excluding steroid dienone is 9. The molecule has 0 rings (SSSR count). The lowest BCUT2D eigenvalue weighted by Crippen LogP contribution is -2.37. The van der Waals surface area contributed by atoms with Crippen LogP contribution in [0.4, 0.5) is 0 Å². The molecule has 0 aliphatic rings. The van der Waals surface area contributed by atoms with Crippen LogP contribution in [0.5, 0.6) is 0 Å². The lowest BCUT2D eigenvalue weighted by molar-refractivity contribution is -0.870. The fraction of sp³-hybridized carbons (Fsp3) is 0.750. The summed E-state index contributed by atoms with van der Waals surface area (Å²) in [5.74, 6) is -1.01. The summed E-state index contributed by atoms with van der Waals surface area (Å²) in [6.07, 6.45) is 44.4. The second kappa shape index (κ2) is 39.8. The van der Waals surface area contributed by atoms with Crippen LogP contribution in [0.1, 0.15) is 174 Å². The van der Waals surface area contributed by atoms with Gasteiger partial charge in [0.25, 0.3) is 0 Å². The number of carbonyl (C=O) groups is 2. The van der Waals surface area contributed by atoms with Gasteiger partial charge in [0.05, 0.1) is 33.9 Å². The van der Waals surface area contributed by atoms with E-state index in [1.54, 1.807) is 12.2 Å². The van der Waals surface area contributed by atoms with Gasteiger partial charge in [-0.1, -0.05) is 152 Å². The zero-order chi connectivity index (χ0) is 43.7. The number of likely N-dealkylation sites (N-methyl/N-ethyl adjacent to an activating group) is 1. The van der Waals surface area contributed by atoms with E-state index < -0.39 is 38.6 Å². The number of nitrogens with zero attached hydrogens (tertiary/aromatic N) is 1. The Kier molecular flexibility index (Phi) is 38.2. The van der Waals surface area contributed by atoms with Crippen LogP contribution >= 0.6 is 7.82 Å². The van der Waals surface area contributed by atoms with Gasteiger partial charge in [-0.3, -0.25) is 18.6 Å². The molecule has 0 spiro atoms. The molecular weight excluding hydrogens is 766 g/mol. The van der Waals surface area contributed by atoms with Gasteiger partial charge < -0.3 is 24.0 Å². The topological polar surface area (TPSA) is 129 Å². The summed E-state index contributed by atoms with van der Waals surface area (Å²) in [5.41, 5.74) is 0. The Morgan fingerprint density at radius 1 is 0.610 bits per heavy atom. The molecular formula is C48H87NO9P+. The van der Waals surface area contributed by atoms with Crippen LogP contribution in [-0.4, -0.2) is 86.1 Å². The molecule has 0 heterocycles. The van der Waals surface area contributed by atoms with Crippen LogP contribution in [0.3, 0.4) is 0 Å². The van der Waals surface area contributed by atoms with E-state index in [2.05, 4.69) is 50.3 Å². The van der Waals surface area contributed by atoms with Crippen molar-refractivity contribution in [2.75, 3.05) is 47.5 Å². The molecule has 1 unspecified atom stereocenters. The Bertz CT molecular complexity index is 1210. The maximum atomic E-state index is 12.7. The minimum absolute atomic E-state index is 0.00580. The normalized spacial score (nSPS) is 14.6. The van der Waals surface area contributed by atoms with E-state index in [4.69, 9.17) is 18.5 Å². The van der Waals surface area contributed by atoms with E-state index in [-0.39, 0.29) is 26.1 Å². The minimum Gasteiger partial charge on any atom is -0.462 e. The Morgan fingerprint density at radius 2 is 1.12 bits per heavy atom. The van der Waals surface area contributed by atoms with Crippen LogP contribution < -0.4 is 0 Å². The predicted octanol–water partition coefficient (Wildman–Crippen LogP) is 12.2. The summed E-state index contributed by atoms with van der Waals surface area (Å²) in [6.45, 7) is 4.15. The zero-order valence-electron chi connectivity index (χ0n) is 38.1. The number of hydrogen-bond donors (Lipinski definition) is 2. The maximum absolute atomic E-state index is 12.7. The lowest BCUT2D eigenvalue weighted by atomic mass is 10.1. The minimum atomic E-state index is -4.43. The molecule has 0 bridgehead atoms. The summed E-state index contributed by atoms with van der Waals surface area (Å²) < 4.78 is 34.2. The summed E-state index contributed by atoms with van der Waals surface area (Å²) in [5, 5.41) is 10.3. The summed E-state index contributed by atoms with van der Waals surface area (Å²) >= 11 is 0. The number of aliphatic hydroxyl groups excluding tert-OH is 1. The number of phosphoric acid groups is 1. The SMILES string of the molecule is CCCCC/C=C\C/C=C\C/C=C\C=C\[C@H](O)CCCC(=O)O[C@H](COC(=O)CCCCCCCCC/C=C\CCCCCCCC)COP(=O)(O)OCC[N+](C)(C)C. The van der Waals surface area contributed by atoms with Gasteiger partial charge >= 0.3 is 19.8 Å². The van der Waals surface area contributed by atoms with Gasteiger partial charge in [-0.2, -0.15) is 0 Å². The van der Waals surface area contributed by atoms with Gasteiger partial charge in [-0.05, 0) is 70.6 Å². The molecule has 10 nitrogen and oxygen atoms in total. The van der Waals surface area contributed by atoms with E-state index in [9.17, 15) is 24.2 Å². The first-order valence-electron chi connectivity index (χ1n) is 23.1. The number of aliphatic hydroxyl groups is 1. The highest BCUT2D eigenvalue weighted by molar-refractivity contribution is 7.47. The van der Waals surface area contributed by atoms with Crippen molar-refractivity contribution >= 4 is 19.8 Å². The number of rotatable bonds is 41. The van der Waals surface area contributed by atoms with Crippen molar-refractivity contribution in [1.82, 2.24) is 0 Å². The molecule has 0 saturated heterocycles.